The summed E-state index contributed by atoms with van der Waals surface area (Å²) in [6, 6.07) is 21.8. The number of carbonyl (C=O) groups is 16. The SMILES string of the molecule is COCCOCCC(=O)NCCCC[C@H](NC(=O)[C@H](C)NC(=O)CCN1C(=O)CC(S)C1=O)C(=O)Nc1ccc2c(c1)C[C@H]1C(C)N3C(=O)OCc4ccc(cc4)NC(=O)[C@H](C)NC(=O)[C@H](C)NC(=O)CCC(=O)N[C@@H](C)C(=O)N[C@@H](C)C(=O)Nc4ccc(cc4)COC(=O)N4C[C@@H]5Cc6ccccc6N5C(=O)c5cc(OC)c(cc54)OCCCOc4cc3c(cc4OC)C(=O)N21. The number of benzene rings is 6. The molecule has 6 aromatic carbocycles. The molecule has 9 aliphatic rings. The van der Waals surface area contributed by atoms with Crippen molar-refractivity contribution in [3.63, 3.8) is 0 Å². The number of imide groups is 1. The summed E-state index contributed by atoms with van der Waals surface area (Å²) in [5, 5.41) is 25.8. The number of nitrogens with one attached hydrogen (secondary N) is 10. The molecule has 39 nitrogen and oxygen atoms in total. The number of hydrogen-bond donors (Lipinski definition) is 11. The molecule has 6 aromatic rings. The summed E-state index contributed by atoms with van der Waals surface area (Å²) in [5.74, 6) is -7.81. The molecule has 0 aromatic heterocycles. The van der Waals surface area contributed by atoms with E-state index < -0.39 is 149 Å². The van der Waals surface area contributed by atoms with Gasteiger partial charge in [-0.2, -0.15) is 12.6 Å². The van der Waals surface area contributed by atoms with Crippen molar-refractivity contribution in [2.24, 2.45) is 0 Å². The fourth-order valence-corrected chi connectivity index (χ4v) is 16.2. The molecule has 0 saturated carbocycles. The summed E-state index contributed by atoms with van der Waals surface area (Å²) in [5.41, 5.74) is 4.77. The van der Waals surface area contributed by atoms with Crippen LogP contribution in [0, 0.1) is 0 Å². The van der Waals surface area contributed by atoms with E-state index in [9.17, 15) is 67.1 Å². The molecule has 8 bridgehead atoms. The van der Waals surface area contributed by atoms with Crippen LogP contribution in [-0.2, 0) is 103 Å². The Morgan fingerprint density at radius 2 is 1.11 bits per heavy atom. The van der Waals surface area contributed by atoms with Crippen LogP contribution in [0.1, 0.15) is 142 Å². The molecule has 9 aliphatic heterocycles. The largest absolute Gasteiger partial charge is 0.493 e. The first kappa shape index (κ1) is 97.2. The zero-order chi connectivity index (χ0) is 94.7. The van der Waals surface area contributed by atoms with Gasteiger partial charge in [-0.1, -0.05) is 42.5 Å². The van der Waals surface area contributed by atoms with Crippen molar-refractivity contribution in [1.29, 1.82) is 0 Å². The average Bonchev–Trinajstić information content (AvgIpc) is 1.59. The first-order valence-electron chi connectivity index (χ1n) is 43.5. The van der Waals surface area contributed by atoms with E-state index in [-0.39, 0.29) is 167 Å². The third-order valence-corrected chi connectivity index (χ3v) is 23.6. The minimum Gasteiger partial charge on any atom is -0.493 e. The van der Waals surface area contributed by atoms with Crippen LogP contribution in [0.2, 0.25) is 0 Å². The molecule has 10 N–H and O–H groups in total. The third kappa shape index (κ3) is 24.0. The molecule has 132 heavy (non-hydrogen) atoms. The number of amides is 16. The highest BCUT2D eigenvalue weighted by Crippen LogP contribution is 2.47. The monoisotopic (exact) mass is 1840 g/mol. The molecule has 0 aliphatic carbocycles. The lowest BCUT2D eigenvalue weighted by Gasteiger charge is -2.33. The van der Waals surface area contributed by atoms with Crippen LogP contribution in [0.25, 0.3) is 0 Å². The highest BCUT2D eigenvalue weighted by Gasteiger charge is 2.48. The minimum atomic E-state index is -1.22. The summed E-state index contributed by atoms with van der Waals surface area (Å²) in [6.45, 7) is 8.95. The Labute approximate surface area is 766 Å². The maximum Gasteiger partial charge on any atom is 0.414 e. The number of nitrogens with zero attached hydrogens (tertiary/aromatic N) is 5. The molecule has 40 heteroatoms. The summed E-state index contributed by atoms with van der Waals surface area (Å²) >= 11 is 4.14. The standard InChI is InChI=1S/C92H109N15O24S/c1-50-82(113)97-53(4)84(115)99-60-22-18-56(19-23-60)48-130-91(122)104-47-63-40-58-15-10-11-17-67(58)106(63)88(119)64-42-72(125-8)74(44-70(64)104)128-34-14-35-129-75-45-71-65(43-73(75)126-9)89(120)107-68-27-26-62(101-87(118)66(16-12-13-32-93-77(108)31-36-127-38-37-124-7)102-86(117)52(3)96-80(111)30-33-103-81(112)46-76(132)90(103)121)39-59(68)41-69(107)55(6)105(71)92(123)131-49-57-20-24-61(25-21-57)100-85(116)54(5)98-83(114)51(2)95-79(110)29-28-78(109)94-50/h10-11,15,17-27,39,42-45,50-55,63,66,69,76,132H,12-14,16,28-38,40-41,46-49H2,1-9H3,(H,93,108)(H,94,109)(H,95,110)(H,96,111)(H,97,113)(H,98,114)(H,99,115)(H,100,116)(H,101,118)(H,102,117)/t50-,51-,52-,53-,54-,55?,63-,66-,69-,76?/m0/s1. The molecule has 2 unspecified atom stereocenters. The first-order chi connectivity index (χ1) is 63.3. The molecule has 10 atom stereocenters. The van der Waals surface area contributed by atoms with Gasteiger partial charge in [0.05, 0.1) is 99.7 Å². The fourth-order valence-electron chi connectivity index (χ4n) is 15.9. The molecular formula is C92H109N15O24S. The van der Waals surface area contributed by atoms with Crippen LogP contribution in [0.3, 0.4) is 0 Å². The van der Waals surface area contributed by atoms with Crippen LogP contribution in [0.4, 0.5) is 49.4 Å². The topological polar surface area (TPSA) is 483 Å². The highest BCUT2D eigenvalue weighted by atomic mass is 32.1. The predicted molar refractivity (Wildman–Crippen MR) is 484 cm³/mol. The molecule has 0 radical (unpaired) electrons. The summed E-state index contributed by atoms with van der Waals surface area (Å²) in [4.78, 5) is 226. The van der Waals surface area contributed by atoms with Gasteiger partial charge in [-0.05, 0) is 157 Å². The van der Waals surface area contributed by atoms with Gasteiger partial charge in [-0.25, -0.2) is 9.59 Å². The van der Waals surface area contributed by atoms with Crippen molar-refractivity contribution in [3.05, 3.63) is 149 Å². The van der Waals surface area contributed by atoms with Gasteiger partial charge in [0.25, 0.3) is 11.8 Å². The number of hydrogen-bond acceptors (Lipinski definition) is 25. The van der Waals surface area contributed by atoms with Crippen molar-refractivity contribution < 1.29 is 115 Å². The Bertz CT molecular complexity index is 5390. The fraction of sp³-hybridized carbons (Fsp3) is 0.435. The smallest absolute Gasteiger partial charge is 0.414 e. The number of anilines is 7. The van der Waals surface area contributed by atoms with Gasteiger partial charge >= 0.3 is 12.2 Å². The van der Waals surface area contributed by atoms with E-state index in [1.807, 2.05) is 24.3 Å². The zero-order valence-corrected chi connectivity index (χ0v) is 75.5. The Balaban J connectivity index is 0.797. The molecule has 1 fully saturated rings. The number of para-hydroxylation sites is 1. The second kappa shape index (κ2) is 44.6. The van der Waals surface area contributed by atoms with E-state index in [2.05, 4.69) is 65.8 Å². The van der Waals surface area contributed by atoms with E-state index in [0.29, 0.717) is 66.2 Å². The quantitative estimate of drug-likeness (QED) is 0.0230. The normalized spacial score (nSPS) is 21.2. The van der Waals surface area contributed by atoms with E-state index in [4.69, 9.17) is 37.9 Å². The van der Waals surface area contributed by atoms with Crippen LogP contribution in [-0.4, -0.2) is 233 Å². The van der Waals surface area contributed by atoms with Gasteiger partial charge in [-0.15, -0.1) is 0 Å². The second-order valence-electron chi connectivity index (χ2n) is 32.7. The van der Waals surface area contributed by atoms with Crippen LogP contribution in [0.15, 0.2) is 115 Å². The number of fused-ring (bicyclic) bond motifs is 6. The lowest BCUT2D eigenvalue weighted by molar-refractivity contribution is -0.139. The van der Waals surface area contributed by atoms with Gasteiger partial charge in [0.2, 0.25) is 70.9 Å². The van der Waals surface area contributed by atoms with Crippen molar-refractivity contribution in [2.45, 2.75) is 185 Å². The van der Waals surface area contributed by atoms with Gasteiger partial charge in [-0.3, -0.25) is 81.8 Å². The number of unbranched alkanes of at least 4 members (excludes halogenated alkanes) is 1. The number of rotatable bonds is 21. The highest BCUT2D eigenvalue weighted by molar-refractivity contribution is 7.81. The average molecular weight is 1840 g/mol. The molecule has 702 valence electrons. The molecule has 15 rings (SSSR count). The Morgan fingerprint density at radius 1 is 0.538 bits per heavy atom. The minimum absolute atomic E-state index is 0.00164. The number of methoxy groups -OCH3 is 3. The van der Waals surface area contributed by atoms with Gasteiger partial charge in [0, 0.05) is 99.3 Å². The Hall–Kier alpha value is -13.9. The molecule has 9 heterocycles. The molecule has 16 amide bonds. The van der Waals surface area contributed by atoms with Crippen LogP contribution in [0.5, 0.6) is 23.0 Å². The van der Waals surface area contributed by atoms with Crippen molar-refractivity contribution in [2.75, 3.05) is 110 Å². The van der Waals surface area contributed by atoms with Gasteiger partial charge < -0.3 is 101 Å². The Kier molecular flexibility index (Phi) is 32.8. The second-order valence-corrected chi connectivity index (χ2v) is 33.3. The number of carbonyl (C=O) groups excluding carboxylic acids is 16. The van der Waals surface area contributed by atoms with E-state index in [1.165, 1.54) is 90.0 Å². The summed E-state index contributed by atoms with van der Waals surface area (Å²) in [6.07, 6.45) is -1.32. The Morgan fingerprint density at radius 3 is 1.70 bits per heavy atom. The molecule has 0 spiro atoms. The maximum atomic E-state index is 15.7. The number of likely N-dealkylation sites (tertiary alicyclic amines) is 1. The van der Waals surface area contributed by atoms with Gasteiger partial charge in [0.1, 0.15) is 49.5 Å². The lowest BCUT2D eigenvalue weighted by Crippen LogP contribution is -2.51. The van der Waals surface area contributed by atoms with Crippen molar-refractivity contribution in [3.8, 4) is 23.0 Å². The zero-order valence-electron chi connectivity index (χ0n) is 74.6. The first-order valence-corrected chi connectivity index (χ1v) is 44.0. The van der Waals surface area contributed by atoms with Crippen LogP contribution < -0.4 is 91.7 Å². The third-order valence-electron chi connectivity index (χ3n) is 23.2. The number of thiol groups is 1. The number of ether oxygens (including phenoxy) is 8. The molecular weight excluding hydrogens is 1730 g/mol. The van der Waals surface area contributed by atoms with Gasteiger partial charge in [0.15, 0.2) is 23.0 Å². The lowest BCUT2D eigenvalue weighted by atomic mass is 10.0. The maximum absolute atomic E-state index is 15.7. The molecule has 1 saturated heterocycles. The van der Waals surface area contributed by atoms with Crippen molar-refractivity contribution >= 4 is 147 Å². The van der Waals surface area contributed by atoms with Crippen molar-refractivity contribution in [1.82, 2.24) is 42.1 Å². The summed E-state index contributed by atoms with van der Waals surface area (Å²) < 4.78 is 47.3. The summed E-state index contributed by atoms with van der Waals surface area (Å²) in [7, 11) is 4.32. The predicted octanol–water partition coefficient (Wildman–Crippen LogP) is 5.80. The van der Waals surface area contributed by atoms with Crippen LogP contribution >= 0.6 is 12.6 Å². The van der Waals surface area contributed by atoms with E-state index in [1.54, 1.807) is 83.5 Å². The van der Waals surface area contributed by atoms with E-state index in [0.717, 1.165) is 10.5 Å². The van der Waals surface area contributed by atoms with E-state index >= 15 is 9.59 Å².